The van der Waals surface area contributed by atoms with Gasteiger partial charge in [0.15, 0.2) is 11.5 Å². The number of pyridine rings is 1. The highest BCUT2D eigenvalue weighted by molar-refractivity contribution is 8.12. The van der Waals surface area contributed by atoms with Crippen molar-refractivity contribution in [2.75, 3.05) is 20.3 Å². The summed E-state index contributed by atoms with van der Waals surface area (Å²) >= 11 is 0. The van der Waals surface area contributed by atoms with E-state index in [2.05, 4.69) is 15.3 Å². The average Bonchev–Trinajstić information content (AvgIpc) is 3.31. The molecule has 0 spiro atoms. The molecule has 0 aliphatic carbocycles. The number of amides is 1. The fourth-order valence-electron chi connectivity index (χ4n) is 3.37. The summed E-state index contributed by atoms with van der Waals surface area (Å²) in [5.41, 5.74) is 4.98. The van der Waals surface area contributed by atoms with Gasteiger partial charge in [0.25, 0.3) is 11.1 Å². The number of carbonyl (C=O) groups is 1. The SMILES string of the molecule is COC1=c2nc(C(F)(F)F)ccc2=S(c2nc(C(=O)NCCOc3ccccc3)c([C@H](C)N)o2)C=C1. The molecule has 3 aromatic rings. The van der Waals surface area contributed by atoms with E-state index in [-0.39, 0.29) is 40.9 Å². The lowest BCUT2D eigenvalue weighted by Gasteiger charge is -2.11. The molecule has 2 aromatic heterocycles. The molecular weight excluding hydrogens is 497 g/mol. The monoisotopic (exact) mass is 520 g/mol. The van der Waals surface area contributed by atoms with Crippen LogP contribution in [0, 0.1) is 4.51 Å². The van der Waals surface area contributed by atoms with Crippen LogP contribution in [0.25, 0.3) is 5.76 Å². The number of oxazole rings is 1. The van der Waals surface area contributed by atoms with E-state index in [1.807, 2.05) is 18.2 Å². The molecule has 0 radical (unpaired) electrons. The lowest BCUT2D eigenvalue weighted by atomic mass is 10.2. The second-order valence-corrected chi connectivity index (χ2v) is 9.39. The minimum atomic E-state index is -4.62. The van der Waals surface area contributed by atoms with Gasteiger partial charge >= 0.3 is 6.18 Å². The van der Waals surface area contributed by atoms with Crippen LogP contribution < -0.4 is 21.1 Å². The van der Waals surface area contributed by atoms with Crippen molar-refractivity contribution in [2.24, 2.45) is 5.73 Å². The molecule has 1 unspecified atom stereocenters. The molecule has 1 aliphatic heterocycles. The highest BCUT2D eigenvalue weighted by Gasteiger charge is 2.33. The number of rotatable bonds is 8. The standard InChI is InChI=1S/C24H23F3N4O4S/c1-14(28)21-20(22(32)29-11-12-34-15-6-4-3-5-7-15)31-23(35-21)36-13-10-16(33-2)19-17(36)8-9-18(30-19)24(25,26)27/h3-10,13-14H,11-12,28H2,1-2H3,(H,29,32)/t14-,36?/m0/s1. The van der Waals surface area contributed by atoms with Gasteiger partial charge in [0.2, 0.25) is 0 Å². The molecule has 0 fully saturated rings. The Hall–Kier alpha value is -3.64. The Bertz CT molecular complexity index is 1420. The van der Waals surface area contributed by atoms with Crippen molar-refractivity contribution >= 4 is 22.2 Å². The smallest absolute Gasteiger partial charge is 0.433 e. The number of methoxy groups -OCH3 is 1. The molecule has 1 amide bonds. The summed E-state index contributed by atoms with van der Waals surface area (Å²) in [6, 6.07) is 10.7. The molecule has 12 heteroatoms. The Morgan fingerprint density at radius 2 is 1.94 bits per heavy atom. The zero-order valence-electron chi connectivity index (χ0n) is 19.3. The van der Waals surface area contributed by atoms with Gasteiger partial charge in [-0.05, 0) is 42.7 Å². The van der Waals surface area contributed by atoms with Gasteiger partial charge in [-0.15, -0.1) is 0 Å². The van der Waals surface area contributed by atoms with E-state index in [4.69, 9.17) is 19.6 Å². The van der Waals surface area contributed by atoms with Crippen LogP contribution in [0.3, 0.4) is 0 Å². The predicted octanol–water partition coefficient (Wildman–Crippen LogP) is 3.78. The Kier molecular flexibility index (Phi) is 7.45. The summed E-state index contributed by atoms with van der Waals surface area (Å²) in [5.74, 6) is 0.504. The zero-order valence-corrected chi connectivity index (χ0v) is 20.2. The molecule has 3 heterocycles. The summed E-state index contributed by atoms with van der Waals surface area (Å²) in [6.45, 7) is 2.08. The molecule has 0 saturated carbocycles. The predicted molar refractivity (Wildman–Crippen MR) is 126 cm³/mol. The minimum absolute atomic E-state index is 0.00329. The van der Waals surface area contributed by atoms with Crippen molar-refractivity contribution < 1.29 is 31.9 Å². The van der Waals surface area contributed by atoms with Gasteiger partial charge in [-0.2, -0.15) is 18.2 Å². The van der Waals surface area contributed by atoms with Crippen molar-refractivity contribution in [1.29, 1.82) is 0 Å². The maximum Gasteiger partial charge on any atom is 0.433 e. The van der Waals surface area contributed by atoms with Crippen LogP contribution >= 0.6 is 10.5 Å². The number of nitrogens with one attached hydrogen (secondary N) is 1. The molecule has 8 nitrogen and oxygen atoms in total. The summed E-state index contributed by atoms with van der Waals surface area (Å²) < 4.78 is 56.8. The molecule has 4 rings (SSSR count). The number of halogens is 3. The van der Waals surface area contributed by atoms with E-state index in [9.17, 15) is 18.0 Å². The first-order chi connectivity index (χ1) is 17.2. The zero-order chi connectivity index (χ0) is 25.9. The molecule has 1 aromatic carbocycles. The quantitative estimate of drug-likeness (QED) is 0.343. The van der Waals surface area contributed by atoms with Gasteiger partial charge in [-0.1, -0.05) is 28.7 Å². The van der Waals surface area contributed by atoms with Crippen molar-refractivity contribution in [3.8, 4) is 5.75 Å². The molecule has 0 bridgehead atoms. The molecule has 0 saturated heterocycles. The number of nitrogens with zero attached hydrogens (tertiary/aromatic N) is 2. The van der Waals surface area contributed by atoms with E-state index in [1.165, 1.54) is 19.3 Å². The van der Waals surface area contributed by atoms with Gasteiger partial charge in [0, 0.05) is 4.51 Å². The highest BCUT2D eigenvalue weighted by atomic mass is 32.2. The van der Waals surface area contributed by atoms with Crippen LogP contribution in [0.5, 0.6) is 5.75 Å². The van der Waals surface area contributed by atoms with Gasteiger partial charge < -0.3 is 24.9 Å². The molecule has 3 N–H and O–H groups in total. The summed E-state index contributed by atoms with van der Waals surface area (Å²) in [6.07, 6.45) is -3.11. The van der Waals surface area contributed by atoms with Crippen LogP contribution in [0.4, 0.5) is 13.2 Å². The van der Waals surface area contributed by atoms with Gasteiger partial charge in [0.05, 0.1) is 19.7 Å². The third kappa shape index (κ3) is 5.44. The van der Waals surface area contributed by atoms with Crippen LogP contribution in [0.1, 0.15) is 34.9 Å². The summed E-state index contributed by atoms with van der Waals surface area (Å²) in [4.78, 5) is 21.0. The number of hydrogen-bond donors (Lipinski definition) is 2. The Morgan fingerprint density at radius 3 is 2.61 bits per heavy atom. The maximum atomic E-state index is 13.2. The number of fused-ring (bicyclic) bond motifs is 1. The number of aromatic nitrogens is 2. The molecule has 2 atom stereocenters. The summed E-state index contributed by atoms with van der Waals surface area (Å²) in [7, 11) is 0.301. The number of ether oxygens (including phenoxy) is 2. The first-order valence-corrected chi connectivity index (χ1v) is 12.1. The molecular formula is C24H23F3N4O4S. The summed E-state index contributed by atoms with van der Waals surface area (Å²) in [5, 5.41) is 4.56. The van der Waals surface area contributed by atoms with Crippen LogP contribution in [-0.2, 0) is 10.9 Å². The van der Waals surface area contributed by atoms with Gasteiger partial charge in [-0.3, -0.25) is 4.79 Å². The minimum Gasteiger partial charge on any atom is -0.494 e. The van der Waals surface area contributed by atoms with Crippen LogP contribution in [0.2, 0.25) is 0 Å². The Balaban J connectivity index is 1.65. The normalized spacial score (nSPS) is 15.8. The third-order valence-electron chi connectivity index (χ3n) is 5.04. The van der Waals surface area contributed by atoms with Crippen molar-refractivity contribution in [1.82, 2.24) is 15.3 Å². The Labute approximate surface area is 206 Å². The third-order valence-corrected chi connectivity index (χ3v) is 6.81. The van der Waals surface area contributed by atoms with Gasteiger partial charge in [-0.25, -0.2) is 4.98 Å². The van der Waals surface area contributed by atoms with Crippen molar-refractivity contribution in [3.05, 3.63) is 81.0 Å². The van der Waals surface area contributed by atoms with Crippen molar-refractivity contribution in [3.63, 3.8) is 0 Å². The van der Waals surface area contributed by atoms with E-state index < -0.39 is 34.3 Å². The van der Waals surface area contributed by atoms with E-state index in [0.717, 1.165) is 6.07 Å². The first kappa shape index (κ1) is 25.5. The Morgan fingerprint density at radius 1 is 1.19 bits per heavy atom. The van der Waals surface area contributed by atoms with E-state index in [0.29, 0.717) is 10.3 Å². The topological polar surface area (TPSA) is 112 Å². The second kappa shape index (κ2) is 10.5. The van der Waals surface area contributed by atoms with E-state index >= 15 is 0 Å². The molecule has 36 heavy (non-hydrogen) atoms. The van der Waals surface area contributed by atoms with E-state index in [1.54, 1.807) is 24.5 Å². The number of alkyl halides is 3. The lowest BCUT2D eigenvalue weighted by molar-refractivity contribution is -0.141. The number of benzene rings is 1. The van der Waals surface area contributed by atoms with Crippen LogP contribution in [0.15, 0.2) is 63.6 Å². The highest BCUT2D eigenvalue weighted by Crippen LogP contribution is 2.35. The lowest BCUT2D eigenvalue weighted by Crippen LogP contribution is -2.29. The number of nitrogens with two attached hydrogens (primary N) is 1. The number of hydrogen-bond acceptors (Lipinski definition) is 7. The maximum absolute atomic E-state index is 13.2. The molecule has 1 aliphatic rings. The molecule has 190 valence electrons. The second-order valence-electron chi connectivity index (χ2n) is 7.65. The van der Waals surface area contributed by atoms with Crippen molar-refractivity contribution in [2.45, 2.75) is 24.4 Å². The fraction of sp³-hybridized carbons (Fsp3) is 0.250. The number of carbonyl (C=O) groups excluding carboxylic acids is 1. The first-order valence-electron chi connectivity index (χ1n) is 10.8. The largest absolute Gasteiger partial charge is 0.494 e. The number of para-hydroxylation sites is 1. The average molecular weight is 521 g/mol. The fourth-order valence-corrected chi connectivity index (χ4v) is 5.02. The van der Waals surface area contributed by atoms with Gasteiger partial charge in [0.1, 0.15) is 29.2 Å². The van der Waals surface area contributed by atoms with Crippen LogP contribution in [-0.4, -0.2) is 36.1 Å².